The summed E-state index contributed by atoms with van der Waals surface area (Å²) < 4.78 is 61.8. The van der Waals surface area contributed by atoms with Gasteiger partial charge in [0.15, 0.2) is 0 Å². The zero-order valence-electron chi connectivity index (χ0n) is 22.0. The number of carbonyl (C=O) groups is 1. The van der Waals surface area contributed by atoms with Gasteiger partial charge in [-0.25, -0.2) is 17.2 Å². The largest absolute Gasteiger partial charge is 0.378 e. The molecule has 5 atom stereocenters. The average molecular weight is 561 g/mol. The van der Waals surface area contributed by atoms with Gasteiger partial charge in [0.05, 0.1) is 18.3 Å². The molecule has 2 aromatic rings. The van der Waals surface area contributed by atoms with Crippen molar-refractivity contribution in [3.63, 3.8) is 0 Å². The zero-order valence-corrected chi connectivity index (χ0v) is 22.8. The highest BCUT2D eigenvalue weighted by atomic mass is 32.2. The Morgan fingerprint density at radius 2 is 1.95 bits per heavy atom. The molecule has 1 amide bonds. The van der Waals surface area contributed by atoms with Gasteiger partial charge < -0.3 is 15.4 Å². The van der Waals surface area contributed by atoms with Gasteiger partial charge in [-0.05, 0) is 74.8 Å². The highest BCUT2D eigenvalue weighted by Crippen LogP contribution is 2.32. The van der Waals surface area contributed by atoms with E-state index in [9.17, 15) is 17.6 Å². The summed E-state index contributed by atoms with van der Waals surface area (Å²) >= 11 is 0. The Kier molecular flexibility index (Phi) is 8.96. The molecular weight excluding hydrogens is 524 g/mol. The number of rotatable bonds is 8. The summed E-state index contributed by atoms with van der Waals surface area (Å²) in [6, 6.07) is 10.5. The van der Waals surface area contributed by atoms with Crippen molar-refractivity contribution in [1.29, 1.82) is 0 Å². The van der Waals surface area contributed by atoms with Gasteiger partial charge in [0.2, 0.25) is 15.9 Å². The van der Waals surface area contributed by atoms with Gasteiger partial charge in [0.25, 0.3) is 0 Å². The fourth-order valence-corrected chi connectivity index (χ4v) is 7.78. The van der Waals surface area contributed by atoms with Gasteiger partial charge in [-0.15, -0.1) is 0 Å². The van der Waals surface area contributed by atoms with Crippen molar-refractivity contribution in [2.24, 2.45) is 0 Å². The number of hydrogen-bond acceptors (Lipinski definition) is 5. The summed E-state index contributed by atoms with van der Waals surface area (Å²) in [5, 5.41) is 6.29. The molecule has 3 aliphatic heterocycles. The van der Waals surface area contributed by atoms with E-state index in [1.165, 1.54) is 24.6 Å². The molecule has 3 saturated heterocycles. The first-order chi connectivity index (χ1) is 18.8. The number of amides is 1. The van der Waals surface area contributed by atoms with Crippen LogP contribution in [0.1, 0.15) is 55.6 Å². The molecule has 5 rings (SSSR count). The predicted octanol–water partition coefficient (Wildman–Crippen LogP) is 4.16. The van der Waals surface area contributed by atoms with Crippen LogP contribution in [0.15, 0.2) is 42.5 Å². The summed E-state index contributed by atoms with van der Waals surface area (Å²) in [4.78, 5) is 13.2. The first-order valence-electron chi connectivity index (χ1n) is 13.8. The molecular formula is C29H36F2N3O4S. The van der Waals surface area contributed by atoms with E-state index >= 15 is 4.39 Å². The molecule has 2 aromatic carbocycles. The number of piperazine rings is 1. The van der Waals surface area contributed by atoms with Crippen LogP contribution in [0.25, 0.3) is 0 Å². The van der Waals surface area contributed by atoms with Gasteiger partial charge in [-0.3, -0.25) is 4.79 Å². The van der Waals surface area contributed by atoms with Crippen molar-refractivity contribution >= 4 is 21.6 Å². The molecule has 3 aliphatic rings. The summed E-state index contributed by atoms with van der Waals surface area (Å²) in [6.07, 6.45) is 6.22. The Labute approximate surface area is 229 Å². The minimum Gasteiger partial charge on any atom is -0.378 e. The van der Waals surface area contributed by atoms with Crippen LogP contribution in [0.4, 0.5) is 14.5 Å². The van der Waals surface area contributed by atoms with Crippen LogP contribution in [0.5, 0.6) is 0 Å². The maximum absolute atomic E-state index is 15.0. The third-order valence-electron chi connectivity index (χ3n) is 8.07. The lowest BCUT2D eigenvalue weighted by atomic mass is 9.86. The molecule has 0 aromatic heterocycles. The van der Waals surface area contributed by atoms with E-state index in [2.05, 4.69) is 10.6 Å². The van der Waals surface area contributed by atoms with Crippen LogP contribution in [0.2, 0.25) is 0 Å². The lowest BCUT2D eigenvalue weighted by Crippen LogP contribution is -2.57. The van der Waals surface area contributed by atoms with Crippen molar-refractivity contribution in [3.8, 4) is 0 Å². The van der Waals surface area contributed by atoms with E-state index in [0.717, 1.165) is 31.2 Å². The van der Waals surface area contributed by atoms with Crippen molar-refractivity contribution in [3.05, 3.63) is 71.6 Å². The van der Waals surface area contributed by atoms with Gasteiger partial charge in [-0.1, -0.05) is 18.2 Å². The second-order valence-corrected chi connectivity index (χ2v) is 12.8. The third kappa shape index (κ3) is 6.85. The number of nitrogens with one attached hydrogen (secondary N) is 2. The first kappa shape index (κ1) is 28.1. The molecule has 3 heterocycles. The molecule has 0 spiro atoms. The Hall–Kier alpha value is -2.40. The number of hydrogen-bond donors (Lipinski definition) is 2. The molecule has 1 radical (unpaired) electrons. The smallest absolute Gasteiger partial charge is 0.229 e. The number of fused-ring (bicyclic) bond motifs is 2. The lowest BCUT2D eigenvalue weighted by Gasteiger charge is -2.37. The van der Waals surface area contributed by atoms with Crippen LogP contribution < -0.4 is 10.6 Å². The van der Waals surface area contributed by atoms with Crippen LogP contribution >= 0.6 is 0 Å². The number of halogens is 2. The number of anilines is 1. The van der Waals surface area contributed by atoms with Gasteiger partial charge in [0.1, 0.15) is 11.6 Å². The summed E-state index contributed by atoms with van der Waals surface area (Å²) in [5.74, 6) is -1.44. The van der Waals surface area contributed by atoms with Crippen LogP contribution in [-0.2, 0) is 26.0 Å². The maximum atomic E-state index is 15.0. The van der Waals surface area contributed by atoms with E-state index in [-0.39, 0.29) is 42.1 Å². The zero-order chi connectivity index (χ0) is 27.4. The monoisotopic (exact) mass is 560 g/mol. The topological polar surface area (TPSA) is 87.7 Å². The average Bonchev–Trinajstić information content (AvgIpc) is 3.04. The molecule has 211 valence electrons. The highest BCUT2D eigenvalue weighted by Gasteiger charge is 2.38. The first-order valence-corrected chi connectivity index (χ1v) is 15.4. The molecule has 10 heteroatoms. The van der Waals surface area contributed by atoms with Crippen LogP contribution in [0.3, 0.4) is 0 Å². The van der Waals surface area contributed by atoms with Gasteiger partial charge in [-0.2, -0.15) is 4.31 Å². The van der Waals surface area contributed by atoms with Crippen molar-refractivity contribution < 1.29 is 26.7 Å². The minimum atomic E-state index is -3.35. The Morgan fingerprint density at radius 1 is 1.13 bits per heavy atom. The predicted molar refractivity (Wildman–Crippen MR) is 146 cm³/mol. The van der Waals surface area contributed by atoms with Gasteiger partial charge in [0, 0.05) is 48.9 Å². The van der Waals surface area contributed by atoms with E-state index in [0.29, 0.717) is 43.8 Å². The standard InChI is InChI=1S/C29H36F2N3O4S/c30-21-11-9-20(10-12-21)25(28-8-1-2-15-38-28)17-29(35)33-27-7-3-6-26(31)24(27)14-13-23-18-32-22-5-4-16-39(36,37)34(23)19-22/h3,6-7,9-12,17,22-23,25,28,32H,1-2,4-5,8,13-16,18-19H2,(H,33,35)/t22-,23+,25-,28?/m1/s1. The molecule has 2 N–H and O–H groups in total. The van der Waals surface area contributed by atoms with E-state index in [1.807, 2.05) is 0 Å². The fourth-order valence-electron chi connectivity index (χ4n) is 5.98. The molecule has 2 unspecified atom stereocenters. The van der Waals surface area contributed by atoms with E-state index in [4.69, 9.17) is 4.74 Å². The quantitative estimate of drug-likeness (QED) is 0.507. The van der Waals surface area contributed by atoms with Crippen molar-refractivity contribution in [2.45, 2.75) is 69.1 Å². The molecule has 0 saturated carbocycles. The Morgan fingerprint density at radius 3 is 2.72 bits per heavy atom. The number of carbonyl (C=O) groups excluding carboxylic acids is 1. The molecule has 3 fully saturated rings. The van der Waals surface area contributed by atoms with Crippen molar-refractivity contribution in [1.82, 2.24) is 9.62 Å². The third-order valence-corrected chi connectivity index (χ3v) is 10.0. The summed E-state index contributed by atoms with van der Waals surface area (Å²) in [6.45, 7) is 1.57. The highest BCUT2D eigenvalue weighted by molar-refractivity contribution is 7.89. The molecule has 7 nitrogen and oxygen atoms in total. The number of sulfonamides is 1. The summed E-state index contributed by atoms with van der Waals surface area (Å²) in [7, 11) is -3.35. The van der Waals surface area contributed by atoms with Crippen LogP contribution in [-0.4, -0.2) is 62.3 Å². The van der Waals surface area contributed by atoms with Crippen LogP contribution in [0, 0.1) is 18.1 Å². The van der Waals surface area contributed by atoms with E-state index < -0.39 is 21.7 Å². The molecule has 0 aliphatic carbocycles. The Balaban J connectivity index is 1.29. The second-order valence-electron chi connectivity index (χ2n) is 10.7. The minimum absolute atomic E-state index is 0.137. The van der Waals surface area contributed by atoms with Gasteiger partial charge >= 0.3 is 0 Å². The normalized spacial score (nSPS) is 27.3. The van der Waals surface area contributed by atoms with Crippen molar-refractivity contribution in [2.75, 3.05) is 30.8 Å². The second kappa shape index (κ2) is 12.4. The fraction of sp³-hybridized carbons (Fsp3) is 0.517. The molecule has 2 bridgehead atoms. The lowest BCUT2D eigenvalue weighted by molar-refractivity contribution is -0.114. The number of benzene rings is 2. The van der Waals surface area contributed by atoms with E-state index in [1.54, 1.807) is 28.6 Å². The number of ether oxygens (including phenoxy) is 1. The maximum Gasteiger partial charge on any atom is 0.229 e. The SMILES string of the molecule is O=C([CH][C@H](c1ccc(F)cc1)C1CCCCO1)Nc1cccc(F)c1CC[C@H]1CN[C@@H]2CCCS(=O)(=O)N1C2. The molecule has 39 heavy (non-hydrogen) atoms. The Bertz CT molecular complexity index is 1250. The summed E-state index contributed by atoms with van der Waals surface area (Å²) in [5.41, 5.74) is 1.49. The number of nitrogens with zero attached hydrogens (tertiary/aromatic N) is 1.